The lowest BCUT2D eigenvalue weighted by Crippen LogP contribution is -2.44. The second-order valence-corrected chi connectivity index (χ2v) is 10.7. The van der Waals surface area contributed by atoms with E-state index in [2.05, 4.69) is 32.6 Å². The number of carbonyl (C=O) groups is 3. The maximum atomic E-state index is 13.1. The summed E-state index contributed by atoms with van der Waals surface area (Å²) in [6, 6.07) is 10.8. The fourth-order valence-electron chi connectivity index (χ4n) is 4.25. The molecule has 0 fully saturated rings. The summed E-state index contributed by atoms with van der Waals surface area (Å²) < 4.78 is 11.3. The zero-order chi connectivity index (χ0) is 28.0. The third-order valence-electron chi connectivity index (χ3n) is 5.97. The zero-order valence-electron chi connectivity index (χ0n) is 21.3. The van der Waals surface area contributed by atoms with Gasteiger partial charge in [-0.25, -0.2) is 0 Å². The minimum atomic E-state index is -1.31. The van der Waals surface area contributed by atoms with Crippen molar-refractivity contribution >= 4 is 62.8 Å². The Kier molecular flexibility index (Phi) is 10.3. The van der Waals surface area contributed by atoms with E-state index < -0.39 is 23.7 Å². The highest BCUT2D eigenvalue weighted by Gasteiger charge is 2.44. The van der Waals surface area contributed by atoms with E-state index in [1.54, 1.807) is 18.2 Å². The molecule has 0 bridgehead atoms. The molecule has 1 aliphatic heterocycles. The number of halogens is 2. The minimum Gasteiger partial charge on any atom is -0.492 e. The minimum absolute atomic E-state index is 0.0703. The van der Waals surface area contributed by atoms with Crippen LogP contribution in [0.5, 0.6) is 5.75 Å². The number of hydrogen-bond acceptors (Lipinski definition) is 7. The number of aryl methyl sites for hydroxylation is 2. The Morgan fingerprint density at radius 2 is 2.00 bits per heavy atom. The molecule has 0 unspecified atom stereocenters. The number of hydrogen-bond donors (Lipinski definition) is 2. The van der Waals surface area contributed by atoms with Crippen molar-refractivity contribution in [2.24, 2.45) is 5.92 Å². The highest BCUT2D eigenvalue weighted by Crippen LogP contribution is 2.42. The van der Waals surface area contributed by atoms with Crippen LogP contribution in [-0.4, -0.2) is 37.3 Å². The summed E-state index contributed by atoms with van der Waals surface area (Å²) in [5.74, 6) is -3.62. The van der Waals surface area contributed by atoms with E-state index in [0.29, 0.717) is 17.9 Å². The first-order valence-corrected chi connectivity index (χ1v) is 14.0. The molecule has 3 rings (SSSR count). The Morgan fingerprint density at radius 1 is 1.26 bits per heavy atom. The van der Waals surface area contributed by atoms with Crippen LogP contribution in [0.3, 0.4) is 0 Å². The number of nitrogens with zero attached hydrogens (tertiary/aromatic N) is 1. The Hall–Kier alpha value is -3.00. The maximum absolute atomic E-state index is 13.1. The Labute approximate surface area is 239 Å². The van der Waals surface area contributed by atoms with Gasteiger partial charge in [-0.1, -0.05) is 52.3 Å². The van der Waals surface area contributed by atoms with Crippen LogP contribution in [0.2, 0.25) is 5.02 Å². The molecule has 11 heteroatoms. The van der Waals surface area contributed by atoms with Crippen LogP contribution in [-0.2, 0) is 25.5 Å². The summed E-state index contributed by atoms with van der Waals surface area (Å²) in [6.07, 6.45) is 0.726. The second kappa shape index (κ2) is 13.2. The molecular formula is C27H27BrClN3O5S. The molecule has 1 heterocycles. The third-order valence-corrected chi connectivity index (χ3v) is 7.74. The number of nitriles is 1. The molecule has 8 nitrogen and oxygen atoms in total. The van der Waals surface area contributed by atoms with Gasteiger partial charge in [0.05, 0.1) is 41.2 Å². The first-order chi connectivity index (χ1) is 18.1. The first-order valence-electron chi connectivity index (χ1n) is 11.8. The van der Waals surface area contributed by atoms with Crippen LogP contribution in [0.4, 0.5) is 5.69 Å². The second-order valence-electron chi connectivity index (χ2n) is 8.39. The molecule has 2 aromatic rings. The fourth-order valence-corrected chi connectivity index (χ4v) is 5.96. The van der Waals surface area contributed by atoms with Crippen molar-refractivity contribution in [2.75, 3.05) is 24.8 Å². The fraction of sp³-hybridized carbons (Fsp3) is 0.333. The van der Waals surface area contributed by atoms with Crippen LogP contribution in [0.1, 0.15) is 36.5 Å². The normalized spacial score (nSPS) is 16.9. The monoisotopic (exact) mass is 619 g/mol. The number of methoxy groups -OCH3 is 1. The summed E-state index contributed by atoms with van der Waals surface area (Å²) in [5, 5.41) is 16.1. The van der Waals surface area contributed by atoms with Crippen LogP contribution >= 0.6 is 39.3 Å². The molecule has 0 radical (unpaired) electrons. The molecule has 0 aromatic heterocycles. The number of rotatable bonds is 9. The zero-order valence-corrected chi connectivity index (χ0v) is 24.5. The summed E-state index contributed by atoms with van der Waals surface area (Å²) in [5.41, 5.74) is 3.22. The number of nitrogens with one attached hydrogen (secondary N) is 2. The van der Waals surface area contributed by atoms with E-state index in [1.807, 2.05) is 32.9 Å². The van der Waals surface area contributed by atoms with E-state index in [4.69, 9.17) is 21.1 Å². The van der Waals surface area contributed by atoms with Gasteiger partial charge >= 0.3 is 5.97 Å². The van der Waals surface area contributed by atoms with E-state index in [0.717, 1.165) is 39.5 Å². The van der Waals surface area contributed by atoms with Gasteiger partial charge < -0.3 is 20.1 Å². The average Bonchev–Trinajstić information content (AvgIpc) is 2.89. The lowest BCUT2D eigenvalue weighted by Gasteiger charge is -2.31. The van der Waals surface area contributed by atoms with Gasteiger partial charge in [-0.15, -0.1) is 0 Å². The molecule has 2 aromatic carbocycles. The molecule has 2 amide bonds. The molecule has 1 aliphatic rings. The van der Waals surface area contributed by atoms with Crippen molar-refractivity contribution < 1.29 is 23.9 Å². The molecule has 0 saturated carbocycles. The molecular weight excluding hydrogens is 594 g/mol. The lowest BCUT2D eigenvalue weighted by atomic mass is 9.78. The standard InChI is InChI=1S/C27H27BrClN3O5S/c1-5-15-10-17(28)9-14(3)24(15)31-21(33)13-38-26-18(12-30)22(23(25(34)32-26)27(35)36-4)16-7-8-20(37-6-2)19(29)11-16/h7-11,22-23H,5-6,13H2,1-4H3,(H,31,33)(H,32,34)/t22-,23+/m1/s1. The van der Waals surface area contributed by atoms with Crippen molar-refractivity contribution in [2.45, 2.75) is 33.1 Å². The van der Waals surface area contributed by atoms with Gasteiger partial charge in [0.25, 0.3) is 0 Å². The topological polar surface area (TPSA) is 118 Å². The SMILES string of the molecule is CCOc1ccc([C@@H]2C(C#N)=C(SCC(=O)Nc3c(C)cc(Br)cc3CC)NC(=O)[C@H]2C(=O)OC)cc1Cl. The number of benzene rings is 2. The van der Waals surface area contributed by atoms with Gasteiger partial charge in [-0.3, -0.25) is 14.4 Å². The van der Waals surface area contributed by atoms with Crippen molar-refractivity contribution in [3.05, 3.63) is 67.1 Å². The maximum Gasteiger partial charge on any atom is 0.319 e. The predicted octanol–water partition coefficient (Wildman–Crippen LogP) is 5.48. The molecule has 0 aliphatic carbocycles. The predicted molar refractivity (Wildman–Crippen MR) is 151 cm³/mol. The highest BCUT2D eigenvalue weighted by molar-refractivity contribution is 9.10. The Bertz CT molecular complexity index is 1340. The molecule has 38 heavy (non-hydrogen) atoms. The van der Waals surface area contributed by atoms with E-state index in [1.165, 1.54) is 7.11 Å². The smallest absolute Gasteiger partial charge is 0.319 e. The van der Waals surface area contributed by atoms with Crippen molar-refractivity contribution in [1.82, 2.24) is 5.32 Å². The molecule has 2 atom stereocenters. The molecule has 200 valence electrons. The van der Waals surface area contributed by atoms with Crippen molar-refractivity contribution in [3.63, 3.8) is 0 Å². The summed E-state index contributed by atoms with van der Waals surface area (Å²) >= 11 is 10.9. The number of thioether (sulfide) groups is 1. The summed E-state index contributed by atoms with van der Waals surface area (Å²) in [7, 11) is 1.18. The van der Waals surface area contributed by atoms with Crippen molar-refractivity contribution in [1.29, 1.82) is 5.26 Å². The highest BCUT2D eigenvalue weighted by atomic mass is 79.9. The number of carbonyl (C=O) groups excluding carboxylic acids is 3. The quantitative estimate of drug-likeness (QED) is 0.282. The number of esters is 1. The van der Waals surface area contributed by atoms with Crippen LogP contribution in [0.15, 0.2) is 45.4 Å². The van der Waals surface area contributed by atoms with Crippen LogP contribution < -0.4 is 15.4 Å². The van der Waals surface area contributed by atoms with Gasteiger partial charge in [0.15, 0.2) is 0 Å². The first kappa shape index (κ1) is 29.6. The Morgan fingerprint density at radius 3 is 2.61 bits per heavy atom. The van der Waals surface area contributed by atoms with E-state index in [-0.39, 0.29) is 27.3 Å². The lowest BCUT2D eigenvalue weighted by molar-refractivity contribution is -0.150. The van der Waals surface area contributed by atoms with Gasteiger partial charge in [-0.2, -0.15) is 5.26 Å². The molecule has 2 N–H and O–H groups in total. The van der Waals surface area contributed by atoms with Crippen LogP contribution in [0, 0.1) is 24.2 Å². The number of anilines is 1. The van der Waals surface area contributed by atoms with Gasteiger partial charge in [0, 0.05) is 16.1 Å². The summed E-state index contributed by atoms with van der Waals surface area (Å²) in [6.45, 7) is 6.13. The molecule has 0 saturated heterocycles. The third kappa shape index (κ3) is 6.52. The van der Waals surface area contributed by atoms with E-state index in [9.17, 15) is 19.6 Å². The molecule has 0 spiro atoms. The average molecular weight is 621 g/mol. The van der Waals surface area contributed by atoms with Crippen LogP contribution in [0.25, 0.3) is 0 Å². The van der Waals surface area contributed by atoms with Gasteiger partial charge in [-0.05, 0) is 61.2 Å². The van der Waals surface area contributed by atoms with E-state index >= 15 is 0 Å². The van der Waals surface area contributed by atoms with Gasteiger partial charge in [0.2, 0.25) is 11.8 Å². The Balaban J connectivity index is 1.94. The number of ether oxygens (including phenoxy) is 2. The number of amides is 2. The van der Waals surface area contributed by atoms with Gasteiger partial charge in [0.1, 0.15) is 11.7 Å². The van der Waals surface area contributed by atoms with Crippen molar-refractivity contribution in [3.8, 4) is 11.8 Å². The largest absolute Gasteiger partial charge is 0.492 e. The summed E-state index contributed by atoms with van der Waals surface area (Å²) in [4.78, 5) is 38.6. The number of allylic oxidation sites excluding steroid dienone is 1.